The summed E-state index contributed by atoms with van der Waals surface area (Å²) in [7, 11) is 3.24. The summed E-state index contributed by atoms with van der Waals surface area (Å²) in [6.45, 7) is 3.62. The van der Waals surface area contributed by atoms with Crippen LogP contribution in [-0.4, -0.2) is 36.0 Å². The maximum Gasteiger partial charge on any atom is 0.339 e. The standard InChI is InChI=1S/C18H21NO5/c1-11(13-6-5-7-14(8-13)23-4)17(20)19(3)10-15-9-16(18(21)22)12(2)24-15/h5-9,11H,10H2,1-4H3,(H,21,22). The van der Waals surface area contributed by atoms with Gasteiger partial charge in [0.2, 0.25) is 5.91 Å². The van der Waals surface area contributed by atoms with Gasteiger partial charge in [0.05, 0.1) is 19.6 Å². The number of furan rings is 1. The highest BCUT2D eigenvalue weighted by molar-refractivity contribution is 5.89. The van der Waals surface area contributed by atoms with Crippen LogP contribution in [0.2, 0.25) is 0 Å². The van der Waals surface area contributed by atoms with Gasteiger partial charge in [-0.2, -0.15) is 0 Å². The molecule has 24 heavy (non-hydrogen) atoms. The molecule has 0 saturated heterocycles. The molecule has 6 nitrogen and oxygen atoms in total. The molecule has 0 aliphatic heterocycles. The highest BCUT2D eigenvalue weighted by Gasteiger charge is 2.22. The predicted octanol–water partition coefficient (Wildman–Crippen LogP) is 3.06. The van der Waals surface area contributed by atoms with Gasteiger partial charge in [-0.05, 0) is 37.6 Å². The topological polar surface area (TPSA) is 80.0 Å². The Bertz CT molecular complexity index is 750. The van der Waals surface area contributed by atoms with Gasteiger partial charge in [0, 0.05) is 7.05 Å². The molecule has 0 spiro atoms. The summed E-state index contributed by atoms with van der Waals surface area (Å²) in [5, 5.41) is 9.06. The number of hydrogen-bond donors (Lipinski definition) is 1. The van der Waals surface area contributed by atoms with Crippen molar-refractivity contribution in [1.29, 1.82) is 0 Å². The number of rotatable bonds is 6. The van der Waals surface area contributed by atoms with Crippen LogP contribution in [0.5, 0.6) is 5.75 Å². The second-order valence-corrected chi connectivity index (χ2v) is 5.68. The molecule has 0 fully saturated rings. The Morgan fingerprint density at radius 2 is 2.04 bits per heavy atom. The van der Waals surface area contributed by atoms with Crippen LogP contribution in [0.1, 0.15) is 40.3 Å². The van der Waals surface area contributed by atoms with E-state index in [2.05, 4.69) is 0 Å². The fourth-order valence-corrected chi connectivity index (χ4v) is 2.53. The molecule has 1 N–H and O–H groups in total. The third-order valence-electron chi connectivity index (χ3n) is 3.93. The number of carbonyl (C=O) groups is 2. The minimum absolute atomic E-state index is 0.0887. The first kappa shape index (κ1) is 17.6. The molecule has 1 atom stereocenters. The number of amides is 1. The number of carboxylic acids is 1. The molecular formula is C18H21NO5. The lowest BCUT2D eigenvalue weighted by Gasteiger charge is -2.21. The molecule has 1 unspecified atom stereocenters. The maximum absolute atomic E-state index is 12.6. The molecule has 6 heteroatoms. The van der Waals surface area contributed by atoms with Crippen molar-refractivity contribution in [3.8, 4) is 5.75 Å². The fourth-order valence-electron chi connectivity index (χ4n) is 2.53. The molecule has 1 heterocycles. The van der Waals surface area contributed by atoms with Gasteiger partial charge < -0.3 is 19.2 Å². The SMILES string of the molecule is COc1cccc(C(C)C(=O)N(C)Cc2cc(C(=O)O)c(C)o2)c1. The van der Waals surface area contributed by atoms with Crippen molar-refractivity contribution >= 4 is 11.9 Å². The quantitative estimate of drug-likeness (QED) is 0.880. The minimum Gasteiger partial charge on any atom is -0.497 e. The average Bonchev–Trinajstić information content (AvgIpc) is 2.94. The smallest absolute Gasteiger partial charge is 0.339 e. The average molecular weight is 331 g/mol. The highest BCUT2D eigenvalue weighted by Crippen LogP contribution is 2.23. The van der Waals surface area contributed by atoms with Gasteiger partial charge in [-0.15, -0.1) is 0 Å². The van der Waals surface area contributed by atoms with Crippen molar-refractivity contribution in [3.05, 3.63) is 53.0 Å². The lowest BCUT2D eigenvalue weighted by atomic mass is 9.99. The third-order valence-corrected chi connectivity index (χ3v) is 3.93. The zero-order valence-electron chi connectivity index (χ0n) is 14.2. The van der Waals surface area contributed by atoms with Crippen LogP contribution in [0, 0.1) is 6.92 Å². The van der Waals surface area contributed by atoms with Crippen LogP contribution in [0.15, 0.2) is 34.7 Å². The number of carbonyl (C=O) groups excluding carboxylic acids is 1. The molecule has 1 aromatic heterocycles. The van der Waals surface area contributed by atoms with Gasteiger partial charge in [-0.3, -0.25) is 4.79 Å². The molecule has 1 amide bonds. The van der Waals surface area contributed by atoms with Crippen molar-refractivity contribution in [2.45, 2.75) is 26.3 Å². The van der Waals surface area contributed by atoms with Crippen LogP contribution in [0.25, 0.3) is 0 Å². The van der Waals surface area contributed by atoms with E-state index in [0.29, 0.717) is 17.3 Å². The Morgan fingerprint density at radius 3 is 2.62 bits per heavy atom. The van der Waals surface area contributed by atoms with Crippen LogP contribution < -0.4 is 4.74 Å². The predicted molar refractivity (Wildman–Crippen MR) is 88.3 cm³/mol. The Labute approximate surface area is 140 Å². The van der Waals surface area contributed by atoms with E-state index in [1.54, 1.807) is 21.1 Å². The van der Waals surface area contributed by atoms with Gasteiger partial charge in [0.25, 0.3) is 0 Å². The van der Waals surface area contributed by atoms with Gasteiger partial charge in [-0.1, -0.05) is 12.1 Å². The van der Waals surface area contributed by atoms with E-state index in [1.165, 1.54) is 11.0 Å². The first-order chi connectivity index (χ1) is 11.3. The second kappa shape index (κ2) is 7.21. The summed E-state index contributed by atoms with van der Waals surface area (Å²) >= 11 is 0. The summed E-state index contributed by atoms with van der Waals surface area (Å²) in [6, 6.07) is 8.82. The van der Waals surface area contributed by atoms with Crippen LogP contribution in [-0.2, 0) is 11.3 Å². The normalized spacial score (nSPS) is 11.8. The molecule has 2 rings (SSSR count). The number of nitrogens with zero attached hydrogens (tertiary/aromatic N) is 1. The van der Waals surface area contributed by atoms with Gasteiger partial charge >= 0.3 is 5.97 Å². The van der Waals surface area contributed by atoms with Gasteiger partial charge in [-0.25, -0.2) is 4.79 Å². The molecule has 128 valence electrons. The largest absolute Gasteiger partial charge is 0.497 e. The number of aryl methyl sites for hydroxylation is 1. The van der Waals surface area contributed by atoms with E-state index in [-0.39, 0.29) is 23.9 Å². The highest BCUT2D eigenvalue weighted by atomic mass is 16.5. The van der Waals surface area contributed by atoms with Gasteiger partial charge in [0.15, 0.2) is 0 Å². The third kappa shape index (κ3) is 3.76. The van der Waals surface area contributed by atoms with E-state index in [4.69, 9.17) is 14.3 Å². The van der Waals surface area contributed by atoms with E-state index in [9.17, 15) is 9.59 Å². The van der Waals surface area contributed by atoms with E-state index >= 15 is 0 Å². The summed E-state index contributed by atoms with van der Waals surface area (Å²) in [4.78, 5) is 25.2. The molecule has 2 aromatic rings. The zero-order valence-corrected chi connectivity index (χ0v) is 14.2. The summed E-state index contributed by atoms with van der Waals surface area (Å²) < 4.78 is 10.6. The van der Waals surface area contributed by atoms with Crippen LogP contribution in [0.4, 0.5) is 0 Å². The fraction of sp³-hybridized carbons (Fsp3) is 0.333. The van der Waals surface area contributed by atoms with Crippen molar-refractivity contribution in [2.24, 2.45) is 0 Å². The Balaban J connectivity index is 2.11. The van der Waals surface area contributed by atoms with Crippen molar-refractivity contribution in [3.63, 3.8) is 0 Å². The molecule has 1 aromatic carbocycles. The van der Waals surface area contributed by atoms with Crippen molar-refractivity contribution in [2.75, 3.05) is 14.2 Å². The Kier molecular flexibility index (Phi) is 5.28. The lowest BCUT2D eigenvalue weighted by molar-refractivity contribution is -0.131. The first-order valence-electron chi connectivity index (χ1n) is 7.55. The van der Waals surface area contributed by atoms with E-state index < -0.39 is 5.97 Å². The Morgan fingerprint density at radius 1 is 1.33 bits per heavy atom. The summed E-state index contributed by atoms with van der Waals surface area (Å²) in [6.07, 6.45) is 0. The number of benzene rings is 1. The number of likely N-dealkylation sites (N-methyl/N-ethyl adjacent to an activating group) is 1. The second-order valence-electron chi connectivity index (χ2n) is 5.68. The summed E-state index contributed by atoms with van der Waals surface area (Å²) in [5.41, 5.74) is 0.972. The van der Waals surface area contributed by atoms with Crippen LogP contribution in [0.3, 0.4) is 0 Å². The minimum atomic E-state index is -1.04. The monoisotopic (exact) mass is 331 g/mol. The number of ether oxygens (including phenoxy) is 1. The molecule has 0 aliphatic carbocycles. The molecule has 0 radical (unpaired) electrons. The molecular weight excluding hydrogens is 310 g/mol. The molecule has 0 saturated carbocycles. The van der Waals surface area contributed by atoms with Gasteiger partial charge in [0.1, 0.15) is 22.8 Å². The first-order valence-corrected chi connectivity index (χ1v) is 7.55. The zero-order chi connectivity index (χ0) is 17.9. The number of aromatic carboxylic acids is 1. The summed E-state index contributed by atoms with van der Waals surface area (Å²) in [5.74, 6) is -0.00383. The lowest BCUT2D eigenvalue weighted by Crippen LogP contribution is -2.30. The number of methoxy groups -OCH3 is 1. The number of carboxylic acid groups (broad SMARTS) is 1. The van der Waals surface area contributed by atoms with Crippen LogP contribution >= 0.6 is 0 Å². The maximum atomic E-state index is 12.6. The Hall–Kier alpha value is -2.76. The van der Waals surface area contributed by atoms with Crippen molar-refractivity contribution < 1.29 is 23.8 Å². The van der Waals surface area contributed by atoms with Crippen molar-refractivity contribution in [1.82, 2.24) is 4.90 Å². The van der Waals surface area contributed by atoms with E-state index in [1.807, 2.05) is 31.2 Å². The number of hydrogen-bond acceptors (Lipinski definition) is 4. The molecule has 0 bridgehead atoms. The molecule has 0 aliphatic rings. The van der Waals surface area contributed by atoms with E-state index in [0.717, 1.165) is 5.56 Å².